The Morgan fingerprint density at radius 2 is 1.68 bits per heavy atom. The third kappa shape index (κ3) is 4.66. The minimum atomic E-state index is -1.10. The van der Waals surface area contributed by atoms with Gasteiger partial charge in [-0.2, -0.15) is 8.75 Å². The van der Waals surface area contributed by atoms with Crippen LogP contribution in [0, 0.1) is 5.92 Å². The van der Waals surface area contributed by atoms with E-state index >= 15 is 0 Å². The maximum absolute atomic E-state index is 13.6. The Balaban J connectivity index is 1.82. The van der Waals surface area contributed by atoms with Crippen LogP contribution in [-0.4, -0.2) is 32.7 Å². The average molecular weight is 437 g/mol. The minimum Gasteiger partial charge on any atom is -0.497 e. The summed E-state index contributed by atoms with van der Waals surface area (Å²) in [6.45, 7) is 0. The van der Waals surface area contributed by atoms with E-state index in [2.05, 4.69) is 8.75 Å². The van der Waals surface area contributed by atoms with E-state index in [-0.39, 0.29) is 11.4 Å². The van der Waals surface area contributed by atoms with Crippen LogP contribution in [0.3, 0.4) is 0 Å². The topological polar surface area (TPSA) is 89.4 Å². The van der Waals surface area contributed by atoms with Crippen LogP contribution >= 0.6 is 11.7 Å². The highest BCUT2D eigenvalue weighted by molar-refractivity contribution is 7.00. The van der Waals surface area contributed by atoms with Gasteiger partial charge in [0.15, 0.2) is 5.78 Å². The summed E-state index contributed by atoms with van der Waals surface area (Å²) in [6.07, 6.45) is 5.92. The molecule has 1 aromatic heterocycles. The van der Waals surface area contributed by atoms with Crippen molar-refractivity contribution >= 4 is 40.1 Å². The Morgan fingerprint density at radius 1 is 1.00 bits per heavy atom. The molecule has 0 atom stereocenters. The number of carboxylic acid groups (broad SMARTS) is 1. The Labute approximate surface area is 184 Å². The molecule has 0 radical (unpaired) electrons. The predicted octanol–water partition coefficient (Wildman–Crippen LogP) is 5.39. The van der Waals surface area contributed by atoms with E-state index in [1.165, 1.54) is 6.42 Å². The van der Waals surface area contributed by atoms with E-state index in [1.807, 2.05) is 0 Å². The number of aromatic nitrogens is 2. The molecule has 7 heteroatoms. The molecule has 1 heterocycles. The van der Waals surface area contributed by atoms with Gasteiger partial charge in [-0.25, -0.2) is 4.79 Å². The third-order valence-corrected chi connectivity index (χ3v) is 6.46. The van der Waals surface area contributed by atoms with E-state index < -0.39 is 5.97 Å². The molecule has 0 amide bonds. The van der Waals surface area contributed by atoms with Crippen molar-refractivity contribution in [1.29, 1.82) is 0 Å². The van der Waals surface area contributed by atoms with Crippen LogP contribution in [0.5, 0.6) is 5.75 Å². The molecule has 4 rings (SSSR count). The number of Topliss-reactive ketones (excluding diaryl/α,β-unsaturated/α-hetero) is 1. The number of methoxy groups -OCH3 is 1. The van der Waals surface area contributed by atoms with Crippen LogP contribution in [0.15, 0.2) is 48.0 Å². The van der Waals surface area contributed by atoms with Crippen molar-refractivity contribution in [2.75, 3.05) is 7.11 Å². The molecule has 0 bridgehead atoms. The molecule has 0 aliphatic heterocycles. The summed E-state index contributed by atoms with van der Waals surface area (Å²) in [6, 6.07) is 12.0. The Bertz CT molecular complexity index is 1130. The molecule has 1 fully saturated rings. The summed E-state index contributed by atoms with van der Waals surface area (Å²) in [4.78, 5) is 26.0. The molecule has 0 saturated heterocycles. The lowest BCUT2D eigenvalue weighted by atomic mass is 9.81. The number of ketones is 1. The lowest BCUT2D eigenvalue weighted by Crippen LogP contribution is -2.16. The van der Waals surface area contributed by atoms with Crippen LogP contribution in [-0.2, 0) is 4.79 Å². The molecule has 1 saturated carbocycles. The highest BCUT2D eigenvalue weighted by Gasteiger charge is 2.27. The third-order valence-electron chi connectivity index (χ3n) is 5.90. The van der Waals surface area contributed by atoms with E-state index in [9.17, 15) is 14.7 Å². The van der Waals surface area contributed by atoms with Gasteiger partial charge in [0.2, 0.25) is 0 Å². The molecule has 31 heavy (non-hydrogen) atoms. The van der Waals surface area contributed by atoms with Crippen molar-refractivity contribution in [3.63, 3.8) is 0 Å². The first-order valence-corrected chi connectivity index (χ1v) is 11.2. The molecule has 1 aliphatic rings. The number of hydrogen-bond donors (Lipinski definition) is 1. The fourth-order valence-electron chi connectivity index (χ4n) is 4.27. The number of carbonyl (C=O) groups excluding carboxylic acids is 1. The number of allylic oxidation sites excluding steroid dienone is 1. The zero-order chi connectivity index (χ0) is 21.8. The number of carbonyl (C=O) groups is 2. The Kier molecular flexibility index (Phi) is 6.42. The Hall–Kier alpha value is -3.06. The monoisotopic (exact) mass is 436 g/mol. The predicted molar refractivity (Wildman–Crippen MR) is 120 cm³/mol. The van der Waals surface area contributed by atoms with Crippen molar-refractivity contribution in [3.8, 4) is 5.75 Å². The van der Waals surface area contributed by atoms with Crippen LogP contribution in [0.25, 0.3) is 16.6 Å². The van der Waals surface area contributed by atoms with Crippen molar-refractivity contribution < 1.29 is 19.4 Å². The second-order valence-electron chi connectivity index (χ2n) is 7.89. The van der Waals surface area contributed by atoms with Crippen molar-refractivity contribution in [3.05, 3.63) is 59.2 Å². The fourth-order valence-corrected chi connectivity index (χ4v) is 4.79. The molecule has 2 aromatic carbocycles. The van der Waals surface area contributed by atoms with Gasteiger partial charge in [-0.05, 0) is 54.3 Å². The first-order chi connectivity index (χ1) is 15.1. The summed E-state index contributed by atoms with van der Waals surface area (Å²) < 4.78 is 13.6. The number of nitrogens with zero attached hydrogens (tertiary/aromatic N) is 2. The quantitative estimate of drug-likeness (QED) is 0.394. The molecular weight excluding hydrogens is 412 g/mol. The normalized spacial score (nSPS) is 15.5. The smallest absolute Gasteiger partial charge is 0.336 e. The Morgan fingerprint density at radius 3 is 2.35 bits per heavy atom. The average Bonchev–Trinajstić information content (AvgIpc) is 3.27. The van der Waals surface area contributed by atoms with Crippen LogP contribution < -0.4 is 4.74 Å². The van der Waals surface area contributed by atoms with Gasteiger partial charge in [0.1, 0.15) is 16.8 Å². The van der Waals surface area contributed by atoms with Crippen molar-refractivity contribution in [1.82, 2.24) is 8.75 Å². The van der Waals surface area contributed by atoms with Gasteiger partial charge in [-0.1, -0.05) is 38.2 Å². The highest BCUT2D eigenvalue weighted by atomic mass is 32.1. The lowest BCUT2D eigenvalue weighted by molar-refractivity contribution is -0.130. The molecular formula is C24H24N2O4S. The van der Waals surface area contributed by atoms with Gasteiger partial charge in [0, 0.05) is 11.1 Å². The van der Waals surface area contributed by atoms with Crippen LogP contribution in [0.2, 0.25) is 0 Å². The number of carboxylic acids is 1. The zero-order valence-corrected chi connectivity index (χ0v) is 18.2. The number of aliphatic carboxylic acids is 1. The van der Waals surface area contributed by atoms with Gasteiger partial charge in [-0.3, -0.25) is 4.79 Å². The van der Waals surface area contributed by atoms with Gasteiger partial charge >= 0.3 is 5.97 Å². The van der Waals surface area contributed by atoms with E-state index in [0.29, 0.717) is 45.8 Å². The highest BCUT2D eigenvalue weighted by Crippen LogP contribution is 2.34. The molecule has 1 aliphatic carbocycles. The minimum absolute atomic E-state index is 0.0568. The second-order valence-corrected chi connectivity index (χ2v) is 8.42. The summed E-state index contributed by atoms with van der Waals surface area (Å²) in [7, 11) is 1.57. The van der Waals surface area contributed by atoms with E-state index in [0.717, 1.165) is 37.4 Å². The molecule has 0 unspecified atom stereocenters. The molecule has 1 N–H and O–H groups in total. The van der Waals surface area contributed by atoms with Crippen molar-refractivity contribution in [2.24, 2.45) is 5.92 Å². The van der Waals surface area contributed by atoms with E-state index in [4.69, 9.17) is 4.74 Å². The molecule has 0 spiro atoms. The largest absolute Gasteiger partial charge is 0.497 e. The first kappa shape index (κ1) is 21.2. The molecule has 3 aromatic rings. The number of hydrogen-bond acceptors (Lipinski definition) is 6. The number of ether oxygens (including phenoxy) is 1. The number of rotatable bonds is 7. The van der Waals surface area contributed by atoms with Gasteiger partial charge in [0.25, 0.3) is 0 Å². The van der Waals surface area contributed by atoms with Crippen LogP contribution in [0.1, 0.15) is 54.4 Å². The SMILES string of the molecule is COc1ccc(C(=O)C(CC2CCCCC2)=C(C(=O)O)c2ccc3nsnc3c2)cc1. The van der Waals surface area contributed by atoms with Crippen LogP contribution in [0.4, 0.5) is 0 Å². The number of fused-ring (bicyclic) bond motifs is 1. The number of benzene rings is 2. The van der Waals surface area contributed by atoms with Gasteiger partial charge in [-0.15, -0.1) is 0 Å². The summed E-state index contributed by atoms with van der Waals surface area (Å²) >= 11 is 1.08. The summed E-state index contributed by atoms with van der Waals surface area (Å²) in [5.41, 5.74) is 2.71. The van der Waals surface area contributed by atoms with E-state index in [1.54, 1.807) is 49.6 Å². The van der Waals surface area contributed by atoms with Gasteiger partial charge in [0.05, 0.1) is 24.4 Å². The second kappa shape index (κ2) is 9.39. The zero-order valence-electron chi connectivity index (χ0n) is 17.3. The van der Waals surface area contributed by atoms with Crippen molar-refractivity contribution in [2.45, 2.75) is 38.5 Å². The standard InChI is InChI=1S/C24H24N2O4S/c1-30-18-10-7-16(8-11-18)23(27)19(13-15-5-3-2-4-6-15)22(24(28)29)17-9-12-20-21(14-17)26-31-25-20/h7-12,14-15H,2-6,13H2,1H3,(H,28,29). The molecule has 160 valence electrons. The summed E-state index contributed by atoms with van der Waals surface area (Å²) in [5, 5.41) is 10.2. The molecule has 6 nitrogen and oxygen atoms in total. The maximum Gasteiger partial charge on any atom is 0.336 e. The maximum atomic E-state index is 13.6. The summed E-state index contributed by atoms with van der Waals surface area (Å²) in [5.74, 6) is -0.392. The lowest BCUT2D eigenvalue weighted by Gasteiger charge is -2.23. The first-order valence-electron chi connectivity index (χ1n) is 10.4. The van der Waals surface area contributed by atoms with Gasteiger partial charge < -0.3 is 9.84 Å². The fraction of sp³-hybridized carbons (Fsp3) is 0.333.